The number of hydrogen-bond acceptors (Lipinski definition) is 6. The van der Waals surface area contributed by atoms with Crippen LogP contribution < -0.4 is 14.8 Å². The Balaban J connectivity index is 2.04. The van der Waals surface area contributed by atoms with E-state index in [1.54, 1.807) is 18.9 Å². The Morgan fingerprint density at radius 1 is 1.38 bits per heavy atom. The molecule has 7 heteroatoms. The van der Waals surface area contributed by atoms with Crippen molar-refractivity contribution >= 4 is 5.95 Å². The summed E-state index contributed by atoms with van der Waals surface area (Å²) in [5, 5.41) is 16.7. The number of aliphatic hydroxyl groups is 1. The maximum atomic E-state index is 9.21. The van der Waals surface area contributed by atoms with Crippen molar-refractivity contribution in [3.8, 4) is 11.5 Å². The first kappa shape index (κ1) is 13.7. The van der Waals surface area contributed by atoms with Crippen molar-refractivity contribution in [1.29, 1.82) is 0 Å². The van der Waals surface area contributed by atoms with Gasteiger partial charge in [-0.15, -0.1) is 0 Å². The van der Waals surface area contributed by atoms with E-state index in [1.807, 2.05) is 18.2 Å². The molecule has 21 heavy (non-hydrogen) atoms. The first-order chi connectivity index (χ1) is 10.3. The lowest BCUT2D eigenvalue weighted by atomic mass is 10.0. The molecule has 0 radical (unpaired) electrons. The summed E-state index contributed by atoms with van der Waals surface area (Å²) in [6.45, 7) is 0.623. The number of anilines is 1. The van der Waals surface area contributed by atoms with Crippen molar-refractivity contribution in [3.05, 3.63) is 29.6 Å². The fourth-order valence-corrected chi connectivity index (χ4v) is 2.60. The second kappa shape index (κ2) is 5.61. The lowest BCUT2D eigenvalue weighted by Gasteiger charge is -2.26. The number of aromatic nitrogens is 3. The van der Waals surface area contributed by atoms with Crippen LogP contribution in [0.1, 0.15) is 23.9 Å². The Kier molecular flexibility index (Phi) is 3.66. The van der Waals surface area contributed by atoms with Crippen molar-refractivity contribution in [2.24, 2.45) is 0 Å². The van der Waals surface area contributed by atoms with Gasteiger partial charge in [-0.05, 0) is 18.6 Å². The molecule has 0 saturated carbocycles. The van der Waals surface area contributed by atoms with Gasteiger partial charge >= 0.3 is 0 Å². The van der Waals surface area contributed by atoms with Gasteiger partial charge in [0.25, 0.3) is 0 Å². The number of ether oxygens (including phenoxy) is 2. The van der Waals surface area contributed by atoms with E-state index >= 15 is 0 Å². The highest BCUT2D eigenvalue weighted by Crippen LogP contribution is 2.36. The molecule has 0 bridgehead atoms. The molecule has 112 valence electrons. The maximum absolute atomic E-state index is 9.21. The topological polar surface area (TPSA) is 81.4 Å². The molecule has 7 nitrogen and oxygen atoms in total. The minimum absolute atomic E-state index is 0.0231. The summed E-state index contributed by atoms with van der Waals surface area (Å²) in [4.78, 5) is 4.26. The second-order valence-electron chi connectivity index (χ2n) is 4.79. The number of nitrogens with zero attached hydrogens (tertiary/aromatic N) is 3. The Morgan fingerprint density at radius 3 is 2.95 bits per heavy atom. The van der Waals surface area contributed by atoms with Crippen molar-refractivity contribution in [1.82, 2.24) is 14.8 Å². The molecule has 1 aromatic heterocycles. The highest BCUT2D eigenvalue weighted by molar-refractivity contribution is 5.44. The van der Waals surface area contributed by atoms with Gasteiger partial charge in [0.05, 0.1) is 20.3 Å². The summed E-state index contributed by atoms with van der Waals surface area (Å²) in [6, 6.07) is 5.78. The molecule has 1 aliphatic heterocycles. The van der Waals surface area contributed by atoms with Crippen LogP contribution in [0.5, 0.6) is 11.5 Å². The van der Waals surface area contributed by atoms with Gasteiger partial charge in [-0.25, -0.2) is 4.68 Å². The number of benzene rings is 1. The molecule has 2 heterocycles. The molecule has 1 atom stereocenters. The molecule has 0 saturated heterocycles. The Morgan fingerprint density at radius 2 is 2.24 bits per heavy atom. The molecule has 1 aliphatic rings. The molecular weight excluding hydrogens is 272 g/mol. The minimum atomic E-state index is -0.172. The van der Waals surface area contributed by atoms with E-state index in [1.165, 1.54) is 0 Å². The molecule has 0 spiro atoms. The van der Waals surface area contributed by atoms with Crippen LogP contribution in [0.25, 0.3) is 0 Å². The summed E-state index contributed by atoms with van der Waals surface area (Å²) in [7, 11) is 3.27. The standard InChI is InChI=1S/C14H18N4O3/c1-20-9-3-4-10(12(7-9)21-2)11-5-6-15-14-16-13(8-19)17-18(11)14/h3-4,7,11,19H,5-6,8H2,1-2H3,(H,15,16,17). The van der Waals surface area contributed by atoms with Crippen molar-refractivity contribution in [3.63, 3.8) is 0 Å². The van der Waals surface area contributed by atoms with Gasteiger partial charge in [-0.1, -0.05) is 0 Å². The highest BCUT2D eigenvalue weighted by atomic mass is 16.5. The van der Waals surface area contributed by atoms with E-state index < -0.39 is 0 Å². The van der Waals surface area contributed by atoms with Crippen LogP contribution in [0.15, 0.2) is 18.2 Å². The number of hydrogen-bond donors (Lipinski definition) is 2. The van der Waals surface area contributed by atoms with E-state index in [0.29, 0.717) is 11.8 Å². The zero-order valence-corrected chi connectivity index (χ0v) is 12.0. The van der Waals surface area contributed by atoms with Crippen LogP contribution in [0.3, 0.4) is 0 Å². The summed E-state index contributed by atoms with van der Waals surface area (Å²) >= 11 is 0. The van der Waals surface area contributed by atoms with Crippen LogP contribution >= 0.6 is 0 Å². The quantitative estimate of drug-likeness (QED) is 0.880. The molecule has 3 rings (SSSR count). The summed E-state index contributed by atoms with van der Waals surface area (Å²) in [5.74, 6) is 2.60. The largest absolute Gasteiger partial charge is 0.497 e. The minimum Gasteiger partial charge on any atom is -0.497 e. The average Bonchev–Trinajstić information content (AvgIpc) is 2.97. The average molecular weight is 290 g/mol. The van der Waals surface area contributed by atoms with Crippen LogP contribution in [0.2, 0.25) is 0 Å². The van der Waals surface area contributed by atoms with Crippen LogP contribution in [-0.4, -0.2) is 40.6 Å². The van der Waals surface area contributed by atoms with E-state index in [2.05, 4.69) is 15.4 Å². The molecule has 2 N–H and O–H groups in total. The molecule has 0 aliphatic carbocycles. The van der Waals surface area contributed by atoms with Gasteiger partial charge in [-0.2, -0.15) is 10.1 Å². The van der Waals surface area contributed by atoms with Gasteiger partial charge in [-0.3, -0.25) is 0 Å². The van der Waals surface area contributed by atoms with Crippen molar-refractivity contribution in [2.75, 3.05) is 26.1 Å². The van der Waals surface area contributed by atoms with Crippen LogP contribution in [-0.2, 0) is 6.61 Å². The van der Waals surface area contributed by atoms with E-state index in [4.69, 9.17) is 9.47 Å². The number of nitrogens with one attached hydrogen (secondary N) is 1. The number of aliphatic hydroxyl groups excluding tert-OH is 1. The van der Waals surface area contributed by atoms with Gasteiger partial charge in [0.1, 0.15) is 18.1 Å². The third kappa shape index (κ3) is 2.40. The fourth-order valence-electron chi connectivity index (χ4n) is 2.60. The monoisotopic (exact) mass is 290 g/mol. The van der Waals surface area contributed by atoms with Crippen LogP contribution in [0.4, 0.5) is 5.95 Å². The van der Waals surface area contributed by atoms with E-state index in [9.17, 15) is 5.11 Å². The Bertz CT molecular complexity index is 641. The Hall–Kier alpha value is -2.28. The summed E-state index contributed by atoms with van der Waals surface area (Å²) < 4.78 is 12.5. The first-order valence-electron chi connectivity index (χ1n) is 6.79. The lowest BCUT2D eigenvalue weighted by Crippen LogP contribution is -2.25. The van der Waals surface area contributed by atoms with Crippen molar-refractivity contribution < 1.29 is 14.6 Å². The maximum Gasteiger partial charge on any atom is 0.222 e. The normalized spacial score (nSPS) is 17.0. The van der Waals surface area contributed by atoms with Crippen LogP contribution in [0, 0.1) is 0 Å². The third-order valence-corrected chi connectivity index (χ3v) is 3.61. The predicted molar refractivity (Wildman–Crippen MR) is 76.7 cm³/mol. The SMILES string of the molecule is COc1ccc(C2CCNc3nc(CO)nn32)c(OC)c1. The molecule has 1 unspecified atom stereocenters. The van der Waals surface area contributed by atoms with Gasteiger partial charge in [0, 0.05) is 18.2 Å². The number of methoxy groups -OCH3 is 2. The van der Waals surface area contributed by atoms with Gasteiger partial charge in [0.15, 0.2) is 5.82 Å². The molecule has 0 fully saturated rings. The highest BCUT2D eigenvalue weighted by Gasteiger charge is 2.26. The molecule has 2 aromatic rings. The zero-order valence-electron chi connectivity index (χ0n) is 12.0. The third-order valence-electron chi connectivity index (χ3n) is 3.61. The molecule has 1 aromatic carbocycles. The summed E-state index contributed by atoms with van der Waals surface area (Å²) in [5.41, 5.74) is 1.02. The number of fused-ring (bicyclic) bond motifs is 1. The van der Waals surface area contributed by atoms with E-state index in [-0.39, 0.29) is 12.6 Å². The summed E-state index contributed by atoms with van der Waals surface area (Å²) in [6.07, 6.45) is 0.865. The molecule has 0 amide bonds. The Labute approximate surface area is 122 Å². The number of rotatable bonds is 4. The second-order valence-corrected chi connectivity index (χ2v) is 4.79. The van der Waals surface area contributed by atoms with Gasteiger partial charge < -0.3 is 19.9 Å². The smallest absolute Gasteiger partial charge is 0.222 e. The zero-order chi connectivity index (χ0) is 14.8. The molecular formula is C14H18N4O3. The van der Waals surface area contributed by atoms with Gasteiger partial charge in [0.2, 0.25) is 5.95 Å². The first-order valence-corrected chi connectivity index (χ1v) is 6.79. The predicted octanol–water partition coefficient (Wildman–Crippen LogP) is 1.19. The van der Waals surface area contributed by atoms with E-state index in [0.717, 1.165) is 30.0 Å². The fraction of sp³-hybridized carbons (Fsp3) is 0.429. The van der Waals surface area contributed by atoms with Crippen molar-refractivity contribution in [2.45, 2.75) is 19.1 Å². The lowest BCUT2D eigenvalue weighted by molar-refractivity contribution is 0.270.